The van der Waals surface area contributed by atoms with Crippen LogP contribution in [-0.4, -0.2) is 24.6 Å². The number of ether oxygens (including phenoxy) is 1. The van der Waals surface area contributed by atoms with E-state index in [0.717, 1.165) is 25.7 Å². The van der Waals surface area contributed by atoms with Gasteiger partial charge in [0.05, 0.1) is 18.6 Å². The zero-order valence-electron chi connectivity index (χ0n) is 14.6. The lowest BCUT2D eigenvalue weighted by Crippen LogP contribution is -2.29. The van der Waals surface area contributed by atoms with Gasteiger partial charge >= 0.3 is 0 Å². The number of hydrogen-bond donors (Lipinski definition) is 2. The van der Waals surface area contributed by atoms with E-state index < -0.39 is 0 Å². The van der Waals surface area contributed by atoms with Gasteiger partial charge in [-0.15, -0.1) is 0 Å². The molecule has 0 heterocycles. The molecule has 1 aromatic rings. The van der Waals surface area contributed by atoms with Crippen LogP contribution in [0.3, 0.4) is 0 Å². The van der Waals surface area contributed by atoms with Crippen LogP contribution in [0.2, 0.25) is 5.02 Å². The molecule has 6 nitrogen and oxygen atoms in total. The molecule has 0 spiro atoms. The van der Waals surface area contributed by atoms with Gasteiger partial charge in [0.2, 0.25) is 11.8 Å². The third-order valence-electron chi connectivity index (χ3n) is 4.18. The number of benzene rings is 1. The monoisotopic (exact) mass is 365 g/mol. The number of nitrogens with zero attached hydrogens (tertiary/aromatic N) is 1. The molecule has 1 aromatic carbocycles. The smallest absolute Gasteiger partial charge is 0.243 e. The van der Waals surface area contributed by atoms with Crippen molar-refractivity contribution in [2.75, 3.05) is 12.4 Å². The van der Waals surface area contributed by atoms with E-state index in [9.17, 15) is 9.59 Å². The fourth-order valence-electron chi connectivity index (χ4n) is 2.83. The van der Waals surface area contributed by atoms with Crippen LogP contribution in [0.4, 0.5) is 5.69 Å². The van der Waals surface area contributed by atoms with Gasteiger partial charge < -0.3 is 10.1 Å². The molecule has 1 aliphatic rings. The molecule has 0 bridgehead atoms. The number of rotatable bonds is 6. The zero-order valence-corrected chi connectivity index (χ0v) is 15.4. The normalized spacial score (nSPS) is 15.6. The number of methoxy groups -OCH3 is 1. The summed E-state index contributed by atoms with van der Waals surface area (Å²) in [7, 11) is 1.53. The first-order valence-corrected chi connectivity index (χ1v) is 8.84. The van der Waals surface area contributed by atoms with Crippen LogP contribution >= 0.6 is 11.6 Å². The highest BCUT2D eigenvalue weighted by molar-refractivity contribution is 6.32. The molecule has 2 amide bonds. The molecule has 1 fully saturated rings. The second-order valence-corrected chi connectivity index (χ2v) is 6.64. The Kier molecular flexibility index (Phi) is 7.25. The molecule has 2 N–H and O–H groups in total. The minimum Gasteiger partial charge on any atom is -0.495 e. The average molecular weight is 366 g/mol. The number of halogens is 1. The molecule has 1 saturated carbocycles. The van der Waals surface area contributed by atoms with Crippen LogP contribution in [0, 0.1) is 5.92 Å². The molecule has 7 heteroatoms. The second-order valence-electron chi connectivity index (χ2n) is 6.23. The summed E-state index contributed by atoms with van der Waals surface area (Å²) in [4.78, 5) is 24.1. The summed E-state index contributed by atoms with van der Waals surface area (Å²) in [6.45, 7) is 1.71. The summed E-state index contributed by atoms with van der Waals surface area (Å²) < 4.78 is 5.07. The molecular formula is C18H24ClN3O3. The number of carbonyl (C=O) groups is 2. The van der Waals surface area contributed by atoms with Crippen LogP contribution in [0.25, 0.3) is 0 Å². The summed E-state index contributed by atoms with van der Waals surface area (Å²) in [5.41, 5.74) is 3.70. The van der Waals surface area contributed by atoms with Gasteiger partial charge in [-0.3, -0.25) is 9.59 Å². The first-order valence-electron chi connectivity index (χ1n) is 8.46. The van der Waals surface area contributed by atoms with Gasteiger partial charge in [0.25, 0.3) is 0 Å². The highest BCUT2D eigenvalue weighted by atomic mass is 35.5. The third kappa shape index (κ3) is 6.05. The van der Waals surface area contributed by atoms with Crippen molar-refractivity contribution in [1.29, 1.82) is 0 Å². The largest absolute Gasteiger partial charge is 0.495 e. The van der Waals surface area contributed by atoms with Crippen LogP contribution in [-0.2, 0) is 9.59 Å². The lowest BCUT2D eigenvalue weighted by molar-refractivity contribution is -0.126. The number of hydrogen-bond acceptors (Lipinski definition) is 4. The summed E-state index contributed by atoms with van der Waals surface area (Å²) in [5.74, 6) is 0.305. The number of amides is 2. The van der Waals surface area contributed by atoms with Crippen LogP contribution in [0.1, 0.15) is 45.4 Å². The van der Waals surface area contributed by atoms with Gasteiger partial charge in [-0.1, -0.05) is 30.9 Å². The van der Waals surface area contributed by atoms with Crippen LogP contribution in [0.15, 0.2) is 23.3 Å². The Labute approximate surface area is 153 Å². The molecular weight excluding hydrogens is 342 g/mol. The number of nitrogens with one attached hydrogen (secondary N) is 2. The van der Waals surface area contributed by atoms with E-state index in [1.54, 1.807) is 25.1 Å². The maximum atomic E-state index is 12.1. The molecule has 0 atom stereocenters. The maximum Gasteiger partial charge on any atom is 0.243 e. The maximum absolute atomic E-state index is 12.1. The average Bonchev–Trinajstić information content (AvgIpc) is 2.60. The van der Waals surface area contributed by atoms with Gasteiger partial charge in [0.15, 0.2) is 0 Å². The van der Waals surface area contributed by atoms with Crippen molar-refractivity contribution in [2.24, 2.45) is 11.0 Å². The Morgan fingerprint density at radius 2 is 2.00 bits per heavy atom. The van der Waals surface area contributed by atoms with Crippen molar-refractivity contribution in [3.63, 3.8) is 0 Å². The van der Waals surface area contributed by atoms with E-state index in [4.69, 9.17) is 16.3 Å². The summed E-state index contributed by atoms with van der Waals surface area (Å²) in [6, 6.07) is 5.01. The van der Waals surface area contributed by atoms with Crippen molar-refractivity contribution >= 4 is 34.8 Å². The van der Waals surface area contributed by atoms with Gasteiger partial charge in [-0.05, 0) is 38.0 Å². The van der Waals surface area contributed by atoms with Crippen molar-refractivity contribution in [3.05, 3.63) is 23.2 Å². The predicted octanol–water partition coefficient (Wildman–Crippen LogP) is 3.75. The lowest BCUT2D eigenvalue weighted by Gasteiger charge is -2.19. The molecule has 0 saturated heterocycles. The number of hydrazone groups is 1. The standard InChI is InChI=1S/C18H24ClN3O3/c1-12(21-22-18(24)13-6-4-3-5-7-13)10-17(23)20-14-8-9-16(25-2)15(19)11-14/h8-9,11,13H,3-7,10H2,1-2H3,(H,20,23)(H,22,24)/b21-12-. The second kappa shape index (κ2) is 9.42. The molecule has 136 valence electrons. The molecule has 2 rings (SSSR count). The molecule has 0 radical (unpaired) electrons. The van der Waals surface area contributed by atoms with E-state index >= 15 is 0 Å². The molecule has 25 heavy (non-hydrogen) atoms. The SMILES string of the molecule is COc1ccc(NC(=O)C/C(C)=N\NC(=O)C2CCCCC2)cc1Cl. The Morgan fingerprint density at radius 3 is 2.64 bits per heavy atom. The van der Waals surface area contributed by atoms with Gasteiger partial charge in [-0.25, -0.2) is 5.43 Å². The fraction of sp³-hybridized carbons (Fsp3) is 0.500. The number of carbonyl (C=O) groups excluding carboxylic acids is 2. The van der Waals surface area contributed by atoms with Crippen molar-refractivity contribution < 1.29 is 14.3 Å². The molecule has 1 aliphatic carbocycles. The highest BCUT2D eigenvalue weighted by Crippen LogP contribution is 2.27. The Morgan fingerprint density at radius 1 is 1.28 bits per heavy atom. The van der Waals surface area contributed by atoms with E-state index in [1.807, 2.05) is 0 Å². The quantitative estimate of drug-likeness (QED) is 0.595. The van der Waals surface area contributed by atoms with E-state index in [2.05, 4.69) is 15.8 Å². The van der Waals surface area contributed by atoms with Gasteiger partial charge in [0, 0.05) is 17.3 Å². The lowest BCUT2D eigenvalue weighted by atomic mass is 9.89. The fourth-order valence-corrected chi connectivity index (χ4v) is 3.09. The minimum atomic E-state index is -0.227. The summed E-state index contributed by atoms with van der Waals surface area (Å²) in [6.07, 6.45) is 5.30. The van der Waals surface area contributed by atoms with Crippen molar-refractivity contribution in [1.82, 2.24) is 5.43 Å². The Balaban J connectivity index is 1.82. The predicted molar refractivity (Wildman–Crippen MR) is 99.1 cm³/mol. The number of anilines is 1. The zero-order chi connectivity index (χ0) is 18.2. The van der Waals surface area contributed by atoms with Crippen molar-refractivity contribution in [3.8, 4) is 5.75 Å². The topological polar surface area (TPSA) is 79.8 Å². The first kappa shape index (κ1) is 19.2. The van der Waals surface area contributed by atoms with E-state index in [1.165, 1.54) is 13.5 Å². The Bertz CT molecular complexity index is 655. The highest BCUT2D eigenvalue weighted by Gasteiger charge is 2.20. The van der Waals surface area contributed by atoms with E-state index in [0.29, 0.717) is 22.2 Å². The summed E-state index contributed by atoms with van der Waals surface area (Å²) >= 11 is 6.03. The van der Waals surface area contributed by atoms with Crippen molar-refractivity contribution in [2.45, 2.75) is 45.4 Å². The summed E-state index contributed by atoms with van der Waals surface area (Å²) in [5, 5.41) is 7.20. The van der Waals surface area contributed by atoms with Crippen LogP contribution < -0.4 is 15.5 Å². The van der Waals surface area contributed by atoms with Gasteiger partial charge in [-0.2, -0.15) is 5.10 Å². The van der Waals surface area contributed by atoms with Crippen LogP contribution in [0.5, 0.6) is 5.75 Å². The molecule has 0 aromatic heterocycles. The van der Waals surface area contributed by atoms with E-state index in [-0.39, 0.29) is 24.2 Å². The third-order valence-corrected chi connectivity index (χ3v) is 4.48. The molecule has 0 aliphatic heterocycles. The minimum absolute atomic E-state index is 0.0422. The Hall–Kier alpha value is -2.08. The first-order chi connectivity index (χ1) is 12.0. The molecule has 0 unspecified atom stereocenters. The van der Waals surface area contributed by atoms with Gasteiger partial charge in [0.1, 0.15) is 5.75 Å².